The fourth-order valence-corrected chi connectivity index (χ4v) is 3.75. The van der Waals surface area contributed by atoms with Crippen LogP contribution in [0.3, 0.4) is 0 Å². The highest BCUT2D eigenvalue weighted by molar-refractivity contribution is 6.06. The van der Waals surface area contributed by atoms with E-state index >= 15 is 0 Å². The number of anilines is 1. The molecule has 7 heteroatoms. The number of rotatable bonds is 8. The second kappa shape index (κ2) is 9.21. The van der Waals surface area contributed by atoms with Crippen LogP contribution in [0.5, 0.6) is 0 Å². The maximum Gasteiger partial charge on any atom is 0.375 e. The summed E-state index contributed by atoms with van der Waals surface area (Å²) < 4.78 is 21.3. The lowest BCUT2D eigenvalue weighted by molar-refractivity contribution is -0.115. The Kier molecular flexibility index (Phi) is 6.70. The van der Waals surface area contributed by atoms with Gasteiger partial charge in [0.25, 0.3) is 0 Å². The number of carbonyl (C=O) groups excluding carboxylic acids is 2. The molecule has 0 bridgehead atoms. The van der Waals surface area contributed by atoms with Crippen molar-refractivity contribution < 1.29 is 28.2 Å². The second-order valence-corrected chi connectivity index (χ2v) is 6.93. The highest BCUT2D eigenvalue weighted by atomic mass is 16.7. The molecular weight excluding hydrogens is 362 g/mol. The zero-order chi connectivity index (χ0) is 20.1. The molecule has 2 aromatic rings. The standard InChI is InChI=1S/C21H27NO6/c1-4-27-21(24)20-17(13-23)16-6-5-15(12-18(16)28-20)22-9-7-14(8-10-22)11-19(25-2)26-3/h5-6,12-14,19H,4,7-11H2,1-3H3. The van der Waals surface area contributed by atoms with Gasteiger partial charge < -0.3 is 23.5 Å². The molecule has 152 valence electrons. The van der Waals surface area contributed by atoms with E-state index < -0.39 is 5.97 Å². The van der Waals surface area contributed by atoms with Gasteiger partial charge in [0.05, 0.1) is 12.2 Å². The Morgan fingerprint density at radius 3 is 2.61 bits per heavy atom. The monoisotopic (exact) mass is 389 g/mol. The van der Waals surface area contributed by atoms with Gasteiger partial charge in [-0.05, 0) is 37.8 Å². The van der Waals surface area contributed by atoms with E-state index in [1.807, 2.05) is 18.2 Å². The third-order valence-electron chi connectivity index (χ3n) is 5.32. The normalized spacial score (nSPS) is 15.4. The summed E-state index contributed by atoms with van der Waals surface area (Å²) in [6.45, 7) is 3.77. The number of piperidine rings is 1. The highest BCUT2D eigenvalue weighted by Crippen LogP contribution is 2.32. The third-order valence-corrected chi connectivity index (χ3v) is 5.32. The van der Waals surface area contributed by atoms with Crippen LogP contribution in [0.25, 0.3) is 11.0 Å². The Hall–Kier alpha value is -2.38. The third kappa shape index (κ3) is 4.20. The van der Waals surface area contributed by atoms with Gasteiger partial charge in [0.2, 0.25) is 5.76 Å². The largest absolute Gasteiger partial charge is 0.460 e. The zero-order valence-corrected chi connectivity index (χ0v) is 16.6. The predicted octanol–water partition coefficient (Wildman–Crippen LogP) is 3.65. The second-order valence-electron chi connectivity index (χ2n) is 6.93. The van der Waals surface area contributed by atoms with Gasteiger partial charge in [0.1, 0.15) is 5.58 Å². The minimum atomic E-state index is -0.617. The summed E-state index contributed by atoms with van der Waals surface area (Å²) in [4.78, 5) is 25.8. The minimum Gasteiger partial charge on any atom is -0.460 e. The number of hydrogen-bond donors (Lipinski definition) is 0. The van der Waals surface area contributed by atoms with Crippen molar-refractivity contribution in [1.82, 2.24) is 0 Å². The molecule has 1 saturated heterocycles. The number of methoxy groups -OCH3 is 2. The molecule has 7 nitrogen and oxygen atoms in total. The first-order valence-electron chi connectivity index (χ1n) is 9.60. The maximum absolute atomic E-state index is 12.0. The molecular formula is C21H27NO6. The van der Waals surface area contributed by atoms with Gasteiger partial charge in [-0.3, -0.25) is 4.79 Å². The Labute approximate surface area is 164 Å². The van der Waals surface area contributed by atoms with Crippen LogP contribution >= 0.6 is 0 Å². The van der Waals surface area contributed by atoms with Gasteiger partial charge in [0, 0.05) is 50.9 Å². The van der Waals surface area contributed by atoms with Crippen molar-refractivity contribution in [3.8, 4) is 0 Å². The fraction of sp³-hybridized carbons (Fsp3) is 0.524. The molecule has 0 atom stereocenters. The van der Waals surface area contributed by atoms with Crippen LogP contribution < -0.4 is 4.90 Å². The van der Waals surface area contributed by atoms with E-state index in [1.165, 1.54) is 0 Å². The molecule has 1 aliphatic heterocycles. The summed E-state index contributed by atoms with van der Waals surface area (Å²) in [5, 5.41) is 0.625. The van der Waals surface area contributed by atoms with Gasteiger partial charge in [-0.15, -0.1) is 0 Å². The molecule has 0 radical (unpaired) electrons. The molecule has 28 heavy (non-hydrogen) atoms. The first-order valence-corrected chi connectivity index (χ1v) is 9.60. The Morgan fingerprint density at radius 2 is 2.00 bits per heavy atom. The number of nitrogens with zero attached hydrogens (tertiary/aromatic N) is 1. The van der Waals surface area contributed by atoms with Gasteiger partial charge in [-0.2, -0.15) is 0 Å². The predicted molar refractivity (Wildman–Crippen MR) is 105 cm³/mol. The number of furan rings is 1. The molecule has 1 aliphatic rings. The molecule has 1 aromatic carbocycles. The quantitative estimate of drug-likeness (QED) is 0.387. The molecule has 0 amide bonds. The van der Waals surface area contributed by atoms with E-state index in [0.29, 0.717) is 23.2 Å². The van der Waals surface area contributed by atoms with Crippen LogP contribution in [0.15, 0.2) is 22.6 Å². The van der Waals surface area contributed by atoms with Crippen LogP contribution in [0.2, 0.25) is 0 Å². The number of hydrogen-bond acceptors (Lipinski definition) is 7. The molecule has 1 fully saturated rings. The average molecular weight is 389 g/mol. The molecule has 0 aliphatic carbocycles. The first-order chi connectivity index (χ1) is 13.6. The Balaban J connectivity index is 1.74. The summed E-state index contributed by atoms with van der Waals surface area (Å²) in [6.07, 6.45) is 3.48. The lowest BCUT2D eigenvalue weighted by Crippen LogP contribution is -2.35. The summed E-state index contributed by atoms with van der Waals surface area (Å²) in [6, 6.07) is 5.68. The molecule has 2 heterocycles. The molecule has 3 rings (SSSR count). The summed E-state index contributed by atoms with van der Waals surface area (Å²) in [5.41, 5.74) is 1.77. The number of fused-ring (bicyclic) bond motifs is 1. The van der Waals surface area contributed by atoms with Gasteiger partial charge in [-0.1, -0.05) is 0 Å². The molecule has 0 spiro atoms. The Bertz CT molecular complexity index is 818. The van der Waals surface area contributed by atoms with E-state index in [9.17, 15) is 9.59 Å². The first kappa shape index (κ1) is 20.4. The van der Waals surface area contributed by atoms with Crippen molar-refractivity contribution in [1.29, 1.82) is 0 Å². The number of ether oxygens (including phenoxy) is 3. The smallest absolute Gasteiger partial charge is 0.375 e. The van der Waals surface area contributed by atoms with E-state index in [2.05, 4.69) is 4.90 Å². The zero-order valence-electron chi connectivity index (χ0n) is 16.6. The lowest BCUT2D eigenvalue weighted by Gasteiger charge is -2.34. The van der Waals surface area contributed by atoms with Crippen LogP contribution in [0, 0.1) is 5.92 Å². The summed E-state index contributed by atoms with van der Waals surface area (Å²) >= 11 is 0. The maximum atomic E-state index is 12.0. The van der Waals surface area contributed by atoms with Gasteiger partial charge >= 0.3 is 5.97 Å². The highest BCUT2D eigenvalue weighted by Gasteiger charge is 2.25. The fourth-order valence-electron chi connectivity index (χ4n) is 3.75. The van der Waals surface area contributed by atoms with Crippen molar-refractivity contribution in [3.05, 3.63) is 29.5 Å². The van der Waals surface area contributed by atoms with Gasteiger partial charge in [-0.25, -0.2) is 4.79 Å². The van der Waals surface area contributed by atoms with Crippen LogP contribution in [-0.2, 0) is 14.2 Å². The van der Waals surface area contributed by atoms with Crippen molar-refractivity contribution >= 4 is 28.9 Å². The van der Waals surface area contributed by atoms with Gasteiger partial charge in [0.15, 0.2) is 12.6 Å². The van der Waals surface area contributed by atoms with Crippen molar-refractivity contribution in [3.63, 3.8) is 0 Å². The molecule has 0 unspecified atom stereocenters. The van der Waals surface area contributed by atoms with Crippen LogP contribution in [0.4, 0.5) is 5.69 Å². The number of aldehydes is 1. The number of carbonyl (C=O) groups is 2. The van der Waals surface area contributed by atoms with E-state index in [1.54, 1.807) is 21.1 Å². The lowest BCUT2D eigenvalue weighted by atomic mass is 9.93. The van der Waals surface area contributed by atoms with Crippen molar-refractivity contribution in [2.24, 2.45) is 5.92 Å². The van der Waals surface area contributed by atoms with Crippen LogP contribution in [0.1, 0.15) is 47.1 Å². The minimum absolute atomic E-state index is 0.0344. The summed E-state index contributed by atoms with van der Waals surface area (Å²) in [7, 11) is 3.33. The van der Waals surface area contributed by atoms with Crippen molar-refractivity contribution in [2.75, 3.05) is 38.8 Å². The van der Waals surface area contributed by atoms with E-state index in [-0.39, 0.29) is 24.2 Å². The van der Waals surface area contributed by atoms with E-state index in [0.717, 1.165) is 38.0 Å². The number of esters is 1. The topological polar surface area (TPSA) is 78.2 Å². The van der Waals surface area contributed by atoms with E-state index in [4.69, 9.17) is 18.6 Å². The van der Waals surface area contributed by atoms with Crippen LogP contribution in [-0.4, -0.2) is 52.5 Å². The molecule has 1 aromatic heterocycles. The number of benzene rings is 1. The molecule has 0 N–H and O–H groups in total. The SMILES string of the molecule is CCOC(=O)c1oc2cc(N3CCC(CC(OC)OC)CC3)ccc2c1C=O. The van der Waals surface area contributed by atoms with Crippen molar-refractivity contribution in [2.45, 2.75) is 32.5 Å². The molecule has 0 saturated carbocycles. The average Bonchev–Trinajstić information content (AvgIpc) is 3.10. The summed E-state index contributed by atoms with van der Waals surface area (Å²) in [5.74, 6) is -0.0903. The Morgan fingerprint density at radius 1 is 1.29 bits per heavy atom.